The van der Waals surface area contributed by atoms with E-state index in [9.17, 15) is 4.79 Å². The smallest absolute Gasteiger partial charge is 0.224 e. The number of amides is 1. The number of nitrogens with zero attached hydrogens (tertiary/aromatic N) is 1. The first-order valence-corrected chi connectivity index (χ1v) is 6.86. The number of rotatable bonds is 5. The summed E-state index contributed by atoms with van der Waals surface area (Å²) in [5.74, 6) is 1.13. The zero-order chi connectivity index (χ0) is 13.7. The summed E-state index contributed by atoms with van der Waals surface area (Å²) in [7, 11) is 3.98. The van der Waals surface area contributed by atoms with Gasteiger partial charge in [-0.2, -0.15) is 0 Å². The van der Waals surface area contributed by atoms with E-state index in [1.807, 2.05) is 26.2 Å². The van der Waals surface area contributed by atoms with Crippen LogP contribution < -0.4 is 10.6 Å². The monoisotopic (exact) mass is 301 g/mol. The number of carbonyl (C=O) groups is 1. The third-order valence-electron chi connectivity index (χ3n) is 3.63. The fourth-order valence-corrected chi connectivity index (χ4v) is 2.44. The van der Waals surface area contributed by atoms with Crippen LogP contribution in [0.4, 0.5) is 0 Å². The third-order valence-corrected chi connectivity index (χ3v) is 3.63. The van der Waals surface area contributed by atoms with Gasteiger partial charge in [0.1, 0.15) is 5.76 Å². The lowest BCUT2D eigenvalue weighted by Crippen LogP contribution is -2.43. The van der Waals surface area contributed by atoms with Gasteiger partial charge in [-0.25, -0.2) is 0 Å². The molecule has 6 heteroatoms. The molecule has 1 aliphatic rings. The molecule has 2 rings (SSSR count). The predicted octanol–water partition coefficient (Wildman–Crippen LogP) is 1.42. The van der Waals surface area contributed by atoms with E-state index in [4.69, 9.17) is 4.42 Å². The van der Waals surface area contributed by atoms with Gasteiger partial charge in [0.05, 0.1) is 18.2 Å². The summed E-state index contributed by atoms with van der Waals surface area (Å²) < 4.78 is 5.43. The lowest BCUT2D eigenvalue weighted by molar-refractivity contribution is -0.125. The van der Waals surface area contributed by atoms with Crippen molar-refractivity contribution >= 4 is 18.3 Å². The van der Waals surface area contributed by atoms with Crippen molar-refractivity contribution in [3.8, 4) is 0 Å². The van der Waals surface area contributed by atoms with E-state index in [0.717, 1.165) is 31.7 Å². The van der Waals surface area contributed by atoms with E-state index in [0.29, 0.717) is 6.54 Å². The van der Waals surface area contributed by atoms with Crippen LogP contribution in [0.25, 0.3) is 0 Å². The van der Waals surface area contributed by atoms with Crippen LogP contribution in [0.1, 0.15) is 24.6 Å². The quantitative estimate of drug-likeness (QED) is 0.864. The van der Waals surface area contributed by atoms with Gasteiger partial charge in [0.15, 0.2) is 0 Å². The standard InChI is InChI=1S/C14H23N3O2.ClH/c1-17(2)12(13-6-4-8-19-13)10-16-14(18)11-5-3-7-15-9-11;/h4,6,8,11-12,15H,3,5,7,9-10H2,1-2H3,(H,16,18);1H/t11-,12?;/m1./s1. The van der Waals surface area contributed by atoms with Crippen LogP contribution >= 0.6 is 12.4 Å². The van der Waals surface area contributed by atoms with Crippen LogP contribution in [0.2, 0.25) is 0 Å². The van der Waals surface area contributed by atoms with Crippen LogP contribution in [-0.2, 0) is 4.79 Å². The molecule has 1 unspecified atom stereocenters. The normalized spacial score (nSPS) is 20.2. The molecule has 1 aromatic rings. The average molecular weight is 302 g/mol. The summed E-state index contributed by atoms with van der Waals surface area (Å²) >= 11 is 0. The average Bonchev–Trinajstić information content (AvgIpc) is 2.93. The Balaban J connectivity index is 0.00000200. The maximum absolute atomic E-state index is 12.1. The van der Waals surface area contributed by atoms with E-state index < -0.39 is 0 Å². The second-order valence-corrected chi connectivity index (χ2v) is 5.28. The molecule has 0 saturated carbocycles. The summed E-state index contributed by atoms with van der Waals surface area (Å²) in [5, 5.41) is 6.31. The van der Waals surface area contributed by atoms with Crippen LogP contribution in [0.15, 0.2) is 22.8 Å². The van der Waals surface area contributed by atoms with Crippen molar-refractivity contribution in [1.82, 2.24) is 15.5 Å². The van der Waals surface area contributed by atoms with Crippen LogP contribution in [-0.4, -0.2) is 44.5 Å². The number of nitrogens with one attached hydrogen (secondary N) is 2. The van der Waals surface area contributed by atoms with Gasteiger partial charge in [-0.05, 0) is 45.6 Å². The Morgan fingerprint density at radius 1 is 1.60 bits per heavy atom. The van der Waals surface area contributed by atoms with Gasteiger partial charge in [-0.15, -0.1) is 12.4 Å². The van der Waals surface area contributed by atoms with Gasteiger partial charge in [0, 0.05) is 13.1 Å². The molecule has 2 atom stereocenters. The minimum Gasteiger partial charge on any atom is -0.468 e. The Hall–Kier alpha value is -1.04. The Morgan fingerprint density at radius 2 is 2.40 bits per heavy atom. The molecular formula is C14H24ClN3O2. The maximum atomic E-state index is 12.1. The van der Waals surface area contributed by atoms with Crippen LogP contribution in [0.3, 0.4) is 0 Å². The number of furan rings is 1. The van der Waals surface area contributed by atoms with Gasteiger partial charge in [-0.3, -0.25) is 9.69 Å². The molecule has 20 heavy (non-hydrogen) atoms. The Kier molecular flexibility index (Phi) is 7.05. The third kappa shape index (κ3) is 4.51. The molecule has 1 saturated heterocycles. The van der Waals surface area contributed by atoms with Crippen molar-refractivity contribution in [3.63, 3.8) is 0 Å². The molecule has 1 amide bonds. The lowest BCUT2D eigenvalue weighted by atomic mass is 9.99. The fraction of sp³-hybridized carbons (Fsp3) is 0.643. The highest BCUT2D eigenvalue weighted by Crippen LogP contribution is 2.18. The van der Waals surface area contributed by atoms with E-state index in [-0.39, 0.29) is 30.3 Å². The number of piperidine rings is 1. The van der Waals surface area contributed by atoms with Crippen molar-refractivity contribution in [2.45, 2.75) is 18.9 Å². The molecule has 0 radical (unpaired) electrons. The molecule has 1 fully saturated rings. The van der Waals surface area contributed by atoms with Crippen LogP contribution in [0.5, 0.6) is 0 Å². The second-order valence-electron chi connectivity index (χ2n) is 5.28. The number of hydrogen-bond donors (Lipinski definition) is 2. The molecule has 0 aliphatic carbocycles. The Bertz CT molecular complexity index is 389. The molecule has 0 aromatic carbocycles. The predicted molar refractivity (Wildman–Crippen MR) is 81.0 cm³/mol. The first-order valence-electron chi connectivity index (χ1n) is 6.86. The maximum Gasteiger partial charge on any atom is 0.224 e. The molecule has 1 aliphatic heterocycles. The summed E-state index contributed by atoms with van der Waals surface area (Å²) in [6.45, 7) is 2.39. The van der Waals surface area contributed by atoms with Gasteiger partial charge in [0.2, 0.25) is 5.91 Å². The molecule has 0 bridgehead atoms. The molecular weight excluding hydrogens is 278 g/mol. The van der Waals surface area contributed by atoms with E-state index >= 15 is 0 Å². The zero-order valence-corrected chi connectivity index (χ0v) is 12.9. The number of halogens is 1. The summed E-state index contributed by atoms with van der Waals surface area (Å²) in [6.07, 6.45) is 3.72. The zero-order valence-electron chi connectivity index (χ0n) is 12.1. The van der Waals surface area contributed by atoms with Gasteiger partial charge < -0.3 is 15.1 Å². The van der Waals surface area contributed by atoms with Gasteiger partial charge in [-0.1, -0.05) is 0 Å². The topological polar surface area (TPSA) is 57.5 Å². The van der Waals surface area contributed by atoms with Crippen molar-refractivity contribution in [2.24, 2.45) is 5.92 Å². The van der Waals surface area contributed by atoms with Gasteiger partial charge in [0.25, 0.3) is 0 Å². The van der Waals surface area contributed by atoms with Gasteiger partial charge >= 0.3 is 0 Å². The molecule has 114 valence electrons. The summed E-state index contributed by atoms with van der Waals surface area (Å²) in [4.78, 5) is 14.1. The molecule has 0 spiro atoms. The van der Waals surface area contributed by atoms with Crippen molar-refractivity contribution in [3.05, 3.63) is 24.2 Å². The van der Waals surface area contributed by atoms with Crippen LogP contribution in [0, 0.1) is 5.92 Å². The molecule has 5 nitrogen and oxygen atoms in total. The summed E-state index contributed by atoms with van der Waals surface area (Å²) in [6, 6.07) is 3.90. The minimum absolute atomic E-state index is 0. The Morgan fingerprint density at radius 3 is 2.95 bits per heavy atom. The SMILES string of the molecule is CN(C)C(CNC(=O)[C@@H]1CCCNC1)c1ccco1.Cl. The van der Waals surface area contributed by atoms with E-state index in [1.165, 1.54) is 0 Å². The number of likely N-dealkylation sites (N-methyl/N-ethyl adjacent to an activating group) is 1. The highest BCUT2D eigenvalue weighted by Gasteiger charge is 2.23. The number of hydrogen-bond acceptors (Lipinski definition) is 4. The molecule has 2 N–H and O–H groups in total. The fourth-order valence-electron chi connectivity index (χ4n) is 2.44. The lowest BCUT2D eigenvalue weighted by Gasteiger charge is -2.25. The number of carbonyl (C=O) groups excluding carboxylic acids is 1. The molecule has 1 aromatic heterocycles. The van der Waals surface area contributed by atoms with E-state index in [1.54, 1.807) is 6.26 Å². The minimum atomic E-state index is 0. The first-order chi connectivity index (χ1) is 9.18. The Labute approximate surface area is 126 Å². The highest BCUT2D eigenvalue weighted by atomic mass is 35.5. The highest BCUT2D eigenvalue weighted by molar-refractivity contribution is 5.85. The first kappa shape index (κ1) is 17.0. The van der Waals surface area contributed by atoms with Crippen molar-refractivity contribution in [1.29, 1.82) is 0 Å². The van der Waals surface area contributed by atoms with Crippen molar-refractivity contribution < 1.29 is 9.21 Å². The molecule has 2 heterocycles. The van der Waals surface area contributed by atoms with E-state index in [2.05, 4.69) is 15.5 Å². The second kappa shape index (κ2) is 8.29. The largest absolute Gasteiger partial charge is 0.468 e. The summed E-state index contributed by atoms with van der Waals surface area (Å²) in [5.41, 5.74) is 0. The van der Waals surface area contributed by atoms with Crippen molar-refractivity contribution in [2.75, 3.05) is 33.7 Å².